The number of amides is 1. The highest BCUT2D eigenvalue weighted by atomic mass is 16.2. The Morgan fingerprint density at radius 3 is 1.68 bits per heavy atom. The van der Waals surface area contributed by atoms with Crippen LogP contribution in [0.1, 0.15) is 87.5 Å². The minimum absolute atomic E-state index is 0.116. The Morgan fingerprint density at radius 2 is 1.32 bits per heavy atom. The van der Waals surface area contributed by atoms with Crippen LogP contribution >= 0.6 is 0 Å². The van der Waals surface area contributed by atoms with Crippen molar-refractivity contribution in [2.24, 2.45) is 10.8 Å². The summed E-state index contributed by atoms with van der Waals surface area (Å²) in [6, 6.07) is 0. The second kappa shape index (κ2) is 6.76. The maximum atomic E-state index is 12.3. The predicted molar refractivity (Wildman–Crippen MR) is 84.2 cm³/mol. The summed E-state index contributed by atoms with van der Waals surface area (Å²) in [5.74, 6) is 0.176. The van der Waals surface area contributed by atoms with Gasteiger partial charge in [-0.3, -0.25) is 4.79 Å². The van der Waals surface area contributed by atoms with Gasteiger partial charge in [-0.05, 0) is 38.5 Å². The molecule has 0 aliphatic heterocycles. The third-order valence-corrected chi connectivity index (χ3v) is 5.01. The summed E-state index contributed by atoms with van der Waals surface area (Å²) >= 11 is 0. The van der Waals surface area contributed by atoms with Crippen LogP contribution in [-0.2, 0) is 4.79 Å². The molecule has 0 rings (SSSR count). The fourth-order valence-electron chi connectivity index (χ4n) is 1.92. The molecule has 0 aliphatic carbocycles. The van der Waals surface area contributed by atoms with Crippen molar-refractivity contribution in [3.63, 3.8) is 0 Å². The average molecular weight is 269 g/mol. The zero-order valence-electron chi connectivity index (χ0n) is 14.4. The van der Waals surface area contributed by atoms with Crippen LogP contribution in [0, 0.1) is 10.8 Å². The van der Waals surface area contributed by atoms with Crippen molar-refractivity contribution in [3.8, 4) is 0 Å². The molecule has 0 saturated heterocycles. The zero-order chi connectivity index (χ0) is 15.3. The molecule has 2 nitrogen and oxygen atoms in total. The predicted octanol–water partition coefficient (Wildman–Crippen LogP) is 4.92. The zero-order valence-corrected chi connectivity index (χ0v) is 14.4. The first-order chi connectivity index (χ1) is 8.52. The minimum atomic E-state index is -0.268. The van der Waals surface area contributed by atoms with Crippen molar-refractivity contribution in [2.45, 2.75) is 93.0 Å². The van der Waals surface area contributed by atoms with Crippen LogP contribution in [0.2, 0.25) is 0 Å². The van der Waals surface area contributed by atoms with Crippen LogP contribution in [0.3, 0.4) is 0 Å². The van der Waals surface area contributed by atoms with Crippen molar-refractivity contribution in [3.05, 3.63) is 0 Å². The standard InChI is InChI=1S/C17H35NO/c1-9-15(4,5)14(19)18-16(6,7)12-13-17(8,10-2)11-3/h9-13H2,1-8H3,(H,18,19). The number of hydrogen-bond acceptors (Lipinski definition) is 1. The van der Waals surface area contributed by atoms with E-state index in [1.165, 1.54) is 19.3 Å². The van der Waals surface area contributed by atoms with Crippen LogP contribution in [0.25, 0.3) is 0 Å². The number of rotatable bonds is 8. The van der Waals surface area contributed by atoms with Gasteiger partial charge in [0.2, 0.25) is 5.91 Å². The summed E-state index contributed by atoms with van der Waals surface area (Å²) < 4.78 is 0. The quantitative estimate of drug-likeness (QED) is 0.665. The Labute approximate surface area is 120 Å². The van der Waals surface area contributed by atoms with Gasteiger partial charge in [-0.1, -0.05) is 54.4 Å². The maximum Gasteiger partial charge on any atom is 0.226 e. The molecule has 1 amide bonds. The van der Waals surface area contributed by atoms with E-state index in [9.17, 15) is 4.79 Å². The van der Waals surface area contributed by atoms with Crippen molar-refractivity contribution in [2.75, 3.05) is 0 Å². The number of hydrogen-bond donors (Lipinski definition) is 1. The van der Waals surface area contributed by atoms with Gasteiger partial charge >= 0.3 is 0 Å². The number of carbonyl (C=O) groups is 1. The molecule has 114 valence electrons. The minimum Gasteiger partial charge on any atom is -0.351 e. The van der Waals surface area contributed by atoms with Crippen LogP contribution in [-0.4, -0.2) is 11.4 Å². The van der Waals surface area contributed by atoms with Gasteiger partial charge in [-0.25, -0.2) is 0 Å². The van der Waals surface area contributed by atoms with E-state index in [0.717, 1.165) is 12.8 Å². The molecule has 0 aromatic heterocycles. The molecule has 0 aromatic carbocycles. The molecular weight excluding hydrogens is 234 g/mol. The first kappa shape index (κ1) is 18.5. The number of carbonyl (C=O) groups excluding carboxylic acids is 1. The third-order valence-electron chi connectivity index (χ3n) is 5.01. The monoisotopic (exact) mass is 269 g/mol. The first-order valence-corrected chi connectivity index (χ1v) is 7.84. The van der Waals surface area contributed by atoms with Crippen molar-refractivity contribution in [1.29, 1.82) is 0 Å². The van der Waals surface area contributed by atoms with Gasteiger partial charge in [0.15, 0.2) is 0 Å². The van der Waals surface area contributed by atoms with Crippen LogP contribution < -0.4 is 5.32 Å². The second-order valence-corrected chi connectivity index (χ2v) is 7.59. The smallest absolute Gasteiger partial charge is 0.226 e. The van der Waals surface area contributed by atoms with Crippen LogP contribution in [0.5, 0.6) is 0 Å². The molecule has 0 radical (unpaired) electrons. The molecule has 0 spiro atoms. The van der Waals surface area contributed by atoms with Gasteiger partial charge in [0.1, 0.15) is 0 Å². The molecule has 0 heterocycles. The molecule has 0 aromatic rings. The van der Waals surface area contributed by atoms with E-state index in [-0.39, 0.29) is 16.9 Å². The maximum absolute atomic E-state index is 12.3. The van der Waals surface area contributed by atoms with Gasteiger partial charge in [0.25, 0.3) is 0 Å². The first-order valence-electron chi connectivity index (χ1n) is 7.84. The molecule has 2 heteroatoms. The van der Waals surface area contributed by atoms with Gasteiger partial charge < -0.3 is 5.32 Å². The molecule has 19 heavy (non-hydrogen) atoms. The molecule has 0 atom stereocenters. The lowest BCUT2D eigenvalue weighted by molar-refractivity contribution is -0.131. The fourth-order valence-corrected chi connectivity index (χ4v) is 1.92. The Bertz CT molecular complexity index is 288. The SMILES string of the molecule is CCC(C)(CC)CCC(C)(C)NC(=O)C(C)(C)CC. The summed E-state index contributed by atoms with van der Waals surface area (Å²) in [6.07, 6.45) is 5.48. The largest absolute Gasteiger partial charge is 0.351 e. The highest BCUT2D eigenvalue weighted by Gasteiger charge is 2.31. The second-order valence-electron chi connectivity index (χ2n) is 7.59. The summed E-state index contributed by atoms with van der Waals surface area (Å²) in [7, 11) is 0. The molecule has 0 saturated carbocycles. The van der Waals surface area contributed by atoms with Gasteiger partial charge in [0, 0.05) is 11.0 Å². The van der Waals surface area contributed by atoms with Gasteiger partial charge in [-0.2, -0.15) is 0 Å². The Morgan fingerprint density at radius 1 is 0.842 bits per heavy atom. The van der Waals surface area contributed by atoms with Crippen molar-refractivity contribution < 1.29 is 4.79 Å². The van der Waals surface area contributed by atoms with Gasteiger partial charge in [-0.15, -0.1) is 0 Å². The molecule has 0 unspecified atom stereocenters. The Hall–Kier alpha value is -0.530. The normalized spacial score (nSPS) is 13.5. The summed E-state index contributed by atoms with van der Waals surface area (Å²) in [4.78, 5) is 12.3. The lowest BCUT2D eigenvalue weighted by Gasteiger charge is -2.35. The van der Waals surface area contributed by atoms with E-state index < -0.39 is 0 Å². The summed E-state index contributed by atoms with van der Waals surface area (Å²) in [6.45, 7) is 17.2. The Balaban J connectivity index is 4.53. The highest BCUT2D eigenvalue weighted by Crippen LogP contribution is 2.33. The molecule has 0 fully saturated rings. The fraction of sp³-hybridized carbons (Fsp3) is 0.941. The summed E-state index contributed by atoms with van der Waals surface area (Å²) in [5.41, 5.74) is 0.0213. The van der Waals surface area contributed by atoms with Crippen molar-refractivity contribution >= 4 is 5.91 Å². The van der Waals surface area contributed by atoms with Gasteiger partial charge in [0.05, 0.1) is 0 Å². The third kappa shape index (κ3) is 5.97. The highest BCUT2D eigenvalue weighted by molar-refractivity contribution is 5.82. The van der Waals surface area contributed by atoms with E-state index >= 15 is 0 Å². The van der Waals surface area contributed by atoms with E-state index in [1.807, 2.05) is 13.8 Å². The summed E-state index contributed by atoms with van der Waals surface area (Å²) in [5, 5.41) is 3.23. The number of nitrogens with one attached hydrogen (secondary N) is 1. The lowest BCUT2D eigenvalue weighted by Crippen LogP contribution is -2.49. The molecule has 0 bridgehead atoms. The van der Waals surface area contributed by atoms with E-state index in [1.54, 1.807) is 0 Å². The topological polar surface area (TPSA) is 29.1 Å². The molecule has 1 N–H and O–H groups in total. The van der Waals surface area contributed by atoms with Crippen molar-refractivity contribution in [1.82, 2.24) is 5.32 Å². The van der Waals surface area contributed by atoms with E-state index in [0.29, 0.717) is 5.41 Å². The lowest BCUT2D eigenvalue weighted by atomic mass is 9.77. The molecule has 0 aliphatic rings. The van der Waals surface area contributed by atoms with Crippen LogP contribution in [0.4, 0.5) is 0 Å². The van der Waals surface area contributed by atoms with E-state index in [2.05, 4.69) is 46.9 Å². The average Bonchev–Trinajstić information content (AvgIpc) is 2.35. The molecular formula is C17H35NO. The van der Waals surface area contributed by atoms with Crippen LogP contribution in [0.15, 0.2) is 0 Å². The Kier molecular flexibility index (Phi) is 6.57. The van der Waals surface area contributed by atoms with E-state index in [4.69, 9.17) is 0 Å².